The van der Waals surface area contributed by atoms with Gasteiger partial charge in [0.1, 0.15) is 5.82 Å². The zero-order valence-corrected chi connectivity index (χ0v) is 10.6. The first-order chi connectivity index (χ1) is 8.33. The first kappa shape index (κ1) is 11.1. The molecule has 1 aliphatic carbocycles. The van der Waals surface area contributed by atoms with E-state index in [4.69, 9.17) is 11.6 Å². The number of nitrogens with zero attached hydrogens (tertiary/aromatic N) is 1. The molecule has 0 saturated heterocycles. The summed E-state index contributed by atoms with van der Waals surface area (Å²) in [7, 11) is 0. The fourth-order valence-corrected chi connectivity index (χ4v) is 3.08. The number of aromatic nitrogens is 1. The second kappa shape index (κ2) is 4.73. The molecule has 2 N–H and O–H groups in total. The van der Waals surface area contributed by atoms with Crippen LogP contribution in [0.2, 0.25) is 5.02 Å². The van der Waals surface area contributed by atoms with Gasteiger partial charge in [0.15, 0.2) is 0 Å². The molecule has 4 heteroatoms. The molecule has 0 radical (unpaired) electrons. The predicted molar refractivity (Wildman–Crippen MR) is 71.7 cm³/mol. The van der Waals surface area contributed by atoms with Crippen LogP contribution in [0.5, 0.6) is 0 Å². The van der Waals surface area contributed by atoms with E-state index in [-0.39, 0.29) is 0 Å². The Bertz CT molecular complexity index is 408. The number of halogens is 1. The summed E-state index contributed by atoms with van der Waals surface area (Å²) in [5.41, 5.74) is 1.05. The number of pyridine rings is 1. The van der Waals surface area contributed by atoms with Gasteiger partial charge in [-0.3, -0.25) is 0 Å². The molecule has 17 heavy (non-hydrogen) atoms. The standard InChI is InChI=1S/C13H18ClN3/c14-10-6-12-13(16-8-10)17-11-5-3-1-2-4-9(11)7-15-12/h6,8-9,11,15H,1-5,7H2,(H,16,17). The van der Waals surface area contributed by atoms with Crippen LogP contribution in [0.3, 0.4) is 0 Å². The molecule has 1 aromatic rings. The highest BCUT2D eigenvalue weighted by atomic mass is 35.5. The van der Waals surface area contributed by atoms with Gasteiger partial charge < -0.3 is 10.6 Å². The van der Waals surface area contributed by atoms with Crippen molar-refractivity contribution in [3.63, 3.8) is 0 Å². The summed E-state index contributed by atoms with van der Waals surface area (Å²) in [5.74, 6) is 1.68. The largest absolute Gasteiger partial charge is 0.382 e. The summed E-state index contributed by atoms with van der Waals surface area (Å²) in [6.45, 7) is 1.03. The average Bonchev–Trinajstić information content (AvgIpc) is 2.62. The van der Waals surface area contributed by atoms with E-state index in [0.717, 1.165) is 18.1 Å². The van der Waals surface area contributed by atoms with E-state index in [0.29, 0.717) is 17.0 Å². The Morgan fingerprint density at radius 1 is 1.24 bits per heavy atom. The van der Waals surface area contributed by atoms with E-state index in [9.17, 15) is 0 Å². The molecule has 1 fully saturated rings. The highest BCUT2D eigenvalue weighted by molar-refractivity contribution is 6.30. The molecule has 0 spiro atoms. The second-order valence-corrected chi connectivity index (χ2v) is 5.52. The smallest absolute Gasteiger partial charge is 0.149 e. The number of anilines is 2. The summed E-state index contributed by atoms with van der Waals surface area (Å²) in [5, 5.41) is 7.77. The van der Waals surface area contributed by atoms with Crippen LogP contribution >= 0.6 is 11.6 Å². The fourth-order valence-electron chi connectivity index (χ4n) is 2.92. The lowest BCUT2D eigenvalue weighted by Gasteiger charge is -2.23. The van der Waals surface area contributed by atoms with Gasteiger partial charge in [0.2, 0.25) is 0 Å². The molecule has 1 aromatic heterocycles. The van der Waals surface area contributed by atoms with Crippen molar-refractivity contribution in [3.8, 4) is 0 Å². The molecule has 1 saturated carbocycles. The Morgan fingerprint density at radius 3 is 3.06 bits per heavy atom. The van der Waals surface area contributed by atoms with E-state index in [1.807, 2.05) is 6.07 Å². The molecule has 2 unspecified atom stereocenters. The van der Waals surface area contributed by atoms with Gasteiger partial charge in [-0.15, -0.1) is 0 Å². The summed E-state index contributed by atoms with van der Waals surface area (Å²) in [6, 6.07) is 2.53. The summed E-state index contributed by atoms with van der Waals surface area (Å²) >= 11 is 5.98. The SMILES string of the molecule is Clc1cnc2c(c1)NCC1CCCCCC1N2. The fraction of sp³-hybridized carbons (Fsp3) is 0.615. The molecule has 1 aliphatic heterocycles. The normalized spacial score (nSPS) is 27.8. The molecule has 3 rings (SSSR count). The Balaban J connectivity index is 1.87. The monoisotopic (exact) mass is 251 g/mol. The molecule has 92 valence electrons. The zero-order chi connectivity index (χ0) is 11.7. The Morgan fingerprint density at radius 2 is 2.12 bits per heavy atom. The van der Waals surface area contributed by atoms with Crippen molar-refractivity contribution < 1.29 is 0 Å². The highest BCUT2D eigenvalue weighted by Gasteiger charge is 2.27. The molecule has 2 aliphatic rings. The molecule has 3 nitrogen and oxygen atoms in total. The third-order valence-electron chi connectivity index (χ3n) is 3.89. The van der Waals surface area contributed by atoms with Crippen molar-refractivity contribution in [1.82, 2.24) is 4.98 Å². The van der Waals surface area contributed by atoms with Crippen molar-refractivity contribution >= 4 is 23.1 Å². The molecule has 2 atom stereocenters. The van der Waals surface area contributed by atoms with E-state index in [1.54, 1.807) is 6.20 Å². The van der Waals surface area contributed by atoms with Crippen molar-refractivity contribution in [2.24, 2.45) is 5.92 Å². The topological polar surface area (TPSA) is 37.0 Å². The third-order valence-corrected chi connectivity index (χ3v) is 4.10. The molecule has 2 heterocycles. The van der Waals surface area contributed by atoms with Crippen LogP contribution in [-0.2, 0) is 0 Å². The van der Waals surface area contributed by atoms with E-state index >= 15 is 0 Å². The van der Waals surface area contributed by atoms with Crippen molar-refractivity contribution in [2.75, 3.05) is 17.2 Å². The predicted octanol–water partition coefficient (Wildman–Crippen LogP) is 3.52. The van der Waals surface area contributed by atoms with Gasteiger partial charge in [0, 0.05) is 18.8 Å². The number of hydrogen-bond donors (Lipinski definition) is 2. The Kier molecular flexibility index (Phi) is 3.10. The number of hydrogen-bond acceptors (Lipinski definition) is 3. The van der Waals surface area contributed by atoms with Crippen LogP contribution < -0.4 is 10.6 Å². The summed E-state index contributed by atoms with van der Waals surface area (Å²) < 4.78 is 0. The maximum Gasteiger partial charge on any atom is 0.149 e. The van der Waals surface area contributed by atoms with Gasteiger partial charge in [0.25, 0.3) is 0 Å². The molecular weight excluding hydrogens is 234 g/mol. The minimum atomic E-state index is 0.569. The zero-order valence-electron chi connectivity index (χ0n) is 9.88. The first-order valence-electron chi connectivity index (χ1n) is 6.49. The maximum absolute atomic E-state index is 5.98. The average molecular weight is 252 g/mol. The minimum Gasteiger partial charge on any atom is -0.382 e. The van der Waals surface area contributed by atoms with Gasteiger partial charge in [-0.25, -0.2) is 4.98 Å². The van der Waals surface area contributed by atoms with Crippen molar-refractivity contribution in [1.29, 1.82) is 0 Å². The van der Waals surface area contributed by atoms with Crippen LogP contribution in [0.25, 0.3) is 0 Å². The molecule has 0 amide bonds. The third kappa shape index (κ3) is 2.34. The van der Waals surface area contributed by atoms with E-state index < -0.39 is 0 Å². The number of fused-ring (bicyclic) bond motifs is 2. The van der Waals surface area contributed by atoms with Crippen LogP contribution in [-0.4, -0.2) is 17.6 Å². The van der Waals surface area contributed by atoms with Gasteiger partial charge in [-0.1, -0.05) is 30.9 Å². The Hall–Kier alpha value is -0.960. The quantitative estimate of drug-likeness (QED) is 0.741. The van der Waals surface area contributed by atoms with Crippen molar-refractivity contribution in [2.45, 2.75) is 38.1 Å². The molecule has 0 bridgehead atoms. The first-order valence-corrected chi connectivity index (χ1v) is 6.87. The van der Waals surface area contributed by atoms with Crippen LogP contribution in [0.1, 0.15) is 32.1 Å². The van der Waals surface area contributed by atoms with E-state index in [1.165, 1.54) is 32.1 Å². The second-order valence-electron chi connectivity index (χ2n) is 5.08. The Labute approximate surface area is 107 Å². The van der Waals surface area contributed by atoms with Gasteiger partial charge in [-0.2, -0.15) is 0 Å². The van der Waals surface area contributed by atoms with Gasteiger partial charge >= 0.3 is 0 Å². The van der Waals surface area contributed by atoms with E-state index in [2.05, 4.69) is 15.6 Å². The maximum atomic E-state index is 5.98. The van der Waals surface area contributed by atoms with Crippen molar-refractivity contribution in [3.05, 3.63) is 17.3 Å². The van der Waals surface area contributed by atoms with Gasteiger partial charge in [0.05, 0.1) is 10.7 Å². The van der Waals surface area contributed by atoms with Crippen LogP contribution in [0, 0.1) is 5.92 Å². The molecular formula is C13H18ClN3. The lowest BCUT2D eigenvalue weighted by Crippen LogP contribution is -2.30. The minimum absolute atomic E-state index is 0.569. The van der Waals surface area contributed by atoms with Gasteiger partial charge in [-0.05, 0) is 24.8 Å². The lowest BCUT2D eigenvalue weighted by molar-refractivity contribution is 0.443. The lowest BCUT2D eigenvalue weighted by atomic mass is 9.95. The summed E-state index contributed by atoms with van der Waals surface area (Å²) in [4.78, 5) is 4.39. The summed E-state index contributed by atoms with van der Waals surface area (Å²) in [6.07, 6.45) is 8.34. The number of nitrogens with one attached hydrogen (secondary N) is 2. The van der Waals surface area contributed by atoms with Crippen LogP contribution in [0.15, 0.2) is 12.3 Å². The number of rotatable bonds is 0. The highest BCUT2D eigenvalue weighted by Crippen LogP contribution is 2.32. The molecule has 0 aromatic carbocycles. The van der Waals surface area contributed by atoms with Crippen LogP contribution in [0.4, 0.5) is 11.5 Å².